The number of phenols is 1. The van der Waals surface area contributed by atoms with Crippen LogP contribution in [-0.4, -0.2) is 68.5 Å². The van der Waals surface area contributed by atoms with Gasteiger partial charge in [-0.1, -0.05) is 42.5 Å². The number of carboxylic acid groups (broad SMARTS) is 1. The van der Waals surface area contributed by atoms with E-state index in [4.69, 9.17) is 10.8 Å². The zero-order valence-electron chi connectivity index (χ0n) is 20.5. The highest BCUT2D eigenvalue weighted by Gasteiger charge is 2.29. The number of hydrogen-bond acceptors (Lipinski definition) is 7. The molecular formula is C26H30N6O6. The largest absolute Gasteiger partial charge is 0.508 e. The van der Waals surface area contributed by atoms with E-state index in [0.717, 1.165) is 5.56 Å². The molecule has 0 radical (unpaired) electrons. The summed E-state index contributed by atoms with van der Waals surface area (Å²) in [4.78, 5) is 56.8. The first-order valence-corrected chi connectivity index (χ1v) is 11.9. The first-order valence-electron chi connectivity index (χ1n) is 11.9. The summed E-state index contributed by atoms with van der Waals surface area (Å²) in [5, 5.41) is 26.1. The van der Waals surface area contributed by atoms with Crippen molar-refractivity contribution in [3.05, 3.63) is 83.9 Å². The summed E-state index contributed by atoms with van der Waals surface area (Å²) >= 11 is 0. The lowest BCUT2D eigenvalue weighted by Gasteiger charge is -2.24. The number of carboxylic acids is 1. The minimum absolute atomic E-state index is 0.0167. The van der Waals surface area contributed by atoms with Gasteiger partial charge in [0.2, 0.25) is 17.7 Å². The second kappa shape index (κ2) is 13.6. The molecule has 12 nitrogen and oxygen atoms in total. The molecule has 0 spiro atoms. The Bertz CT molecular complexity index is 1220. The van der Waals surface area contributed by atoms with Crippen LogP contribution >= 0.6 is 0 Å². The molecule has 12 heteroatoms. The first kappa shape index (κ1) is 27.9. The van der Waals surface area contributed by atoms with Gasteiger partial charge in [0.1, 0.15) is 24.4 Å². The third-order valence-electron chi connectivity index (χ3n) is 5.67. The fourth-order valence-corrected chi connectivity index (χ4v) is 3.70. The lowest BCUT2D eigenvalue weighted by molar-refractivity contribution is -0.138. The van der Waals surface area contributed by atoms with E-state index in [2.05, 4.69) is 25.9 Å². The quantitative estimate of drug-likeness (QED) is 0.158. The fourth-order valence-electron chi connectivity index (χ4n) is 3.70. The number of aliphatic carboxylic acids is 1. The van der Waals surface area contributed by atoms with Gasteiger partial charge in [0.05, 0.1) is 12.4 Å². The van der Waals surface area contributed by atoms with Gasteiger partial charge in [-0.3, -0.25) is 19.2 Å². The van der Waals surface area contributed by atoms with E-state index >= 15 is 0 Å². The molecule has 0 saturated heterocycles. The zero-order valence-corrected chi connectivity index (χ0v) is 20.5. The lowest BCUT2D eigenvalue weighted by Crippen LogP contribution is -2.57. The fraction of sp³-hybridized carbons (Fsp3) is 0.269. The van der Waals surface area contributed by atoms with Gasteiger partial charge in [0.15, 0.2) is 0 Å². The van der Waals surface area contributed by atoms with E-state index in [-0.39, 0.29) is 25.0 Å². The molecule has 8 N–H and O–H groups in total. The number of aromatic hydroxyl groups is 1. The van der Waals surface area contributed by atoms with Gasteiger partial charge in [0, 0.05) is 31.2 Å². The van der Waals surface area contributed by atoms with E-state index in [9.17, 15) is 24.3 Å². The Labute approximate surface area is 218 Å². The third kappa shape index (κ3) is 8.75. The van der Waals surface area contributed by atoms with Crippen LogP contribution in [0.15, 0.2) is 67.1 Å². The molecule has 3 aromatic rings. The van der Waals surface area contributed by atoms with E-state index in [1.807, 2.05) is 6.07 Å². The number of nitrogens with two attached hydrogens (primary N) is 1. The van der Waals surface area contributed by atoms with Gasteiger partial charge in [-0.25, -0.2) is 4.98 Å². The molecule has 3 amide bonds. The summed E-state index contributed by atoms with van der Waals surface area (Å²) in [5.41, 5.74) is 8.08. The van der Waals surface area contributed by atoms with Crippen molar-refractivity contribution in [2.24, 2.45) is 5.73 Å². The topological polar surface area (TPSA) is 200 Å². The molecule has 0 bridgehead atoms. The van der Waals surface area contributed by atoms with Crippen LogP contribution in [0.25, 0.3) is 0 Å². The minimum Gasteiger partial charge on any atom is -0.508 e. The Hall–Kier alpha value is -4.71. The van der Waals surface area contributed by atoms with E-state index in [0.29, 0.717) is 11.3 Å². The Balaban J connectivity index is 1.78. The van der Waals surface area contributed by atoms with Gasteiger partial charge in [0.25, 0.3) is 0 Å². The van der Waals surface area contributed by atoms with Crippen molar-refractivity contribution >= 4 is 23.7 Å². The molecule has 2 aromatic carbocycles. The smallest absolute Gasteiger partial charge is 0.322 e. The molecular weight excluding hydrogens is 492 g/mol. The number of rotatable bonds is 13. The Kier molecular flexibility index (Phi) is 9.94. The molecule has 3 unspecified atom stereocenters. The lowest BCUT2D eigenvalue weighted by atomic mass is 10.0. The van der Waals surface area contributed by atoms with E-state index < -0.39 is 48.4 Å². The van der Waals surface area contributed by atoms with Crippen molar-refractivity contribution in [3.63, 3.8) is 0 Å². The second-order valence-electron chi connectivity index (χ2n) is 8.68. The van der Waals surface area contributed by atoms with E-state index in [1.54, 1.807) is 42.6 Å². The zero-order chi connectivity index (χ0) is 27.5. The average molecular weight is 523 g/mol. The summed E-state index contributed by atoms with van der Waals surface area (Å²) in [6.07, 6.45) is 3.33. The van der Waals surface area contributed by atoms with Gasteiger partial charge in [-0.05, 0) is 23.3 Å². The molecule has 1 heterocycles. The molecule has 3 rings (SSSR count). The van der Waals surface area contributed by atoms with Crippen LogP contribution in [0.5, 0.6) is 5.75 Å². The Morgan fingerprint density at radius 1 is 0.842 bits per heavy atom. The molecule has 0 saturated carbocycles. The van der Waals surface area contributed by atoms with Gasteiger partial charge in [-0.15, -0.1) is 0 Å². The number of imidazole rings is 1. The van der Waals surface area contributed by atoms with Crippen LogP contribution in [0.1, 0.15) is 16.8 Å². The number of aromatic nitrogens is 2. The van der Waals surface area contributed by atoms with Gasteiger partial charge in [-0.2, -0.15) is 0 Å². The summed E-state index contributed by atoms with van der Waals surface area (Å²) in [6.45, 7) is -0.632. The summed E-state index contributed by atoms with van der Waals surface area (Å²) in [5.74, 6) is -3.14. The molecule has 1 aromatic heterocycles. The highest BCUT2D eigenvalue weighted by atomic mass is 16.4. The monoisotopic (exact) mass is 522 g/mol. The Morgan fingerprint density at radius 3 is 2.05 bits per heavy atom. The number of benzene rings is 2. The summed E-state index contributed by atoms with van der Waals surface area (Å²) < 4.78 is 0. The number of hydrogen-bond donors (Lipinski definition) is 7. The van der Waals surface area contributed by atoms with Crippen LogP contribution in [0.3, 0.4) is 0 Å². The van der Waals surface area contributed by atoms with Crippen molar-refractivity contribution in [3.8, 4) is 5.75 Å². The predicted molar refractivity (Wildman–Crippen MR) is 137 cm³/mol. The van der Waals surface area contributed by atoms with Crippen molar-refractivity contribution in [1.82, 2.24) is 25.9 Å². The number of carbonyl (C=O) groups is 4. The highest BCUT2D eigenvalue weighted by molar-refractivity contribution is 5.94. The molecule has 0 aliphatic heterocycles. The number of amides is 3. The summed E-state index contributed by atoms with van der Waals surface area (Å²) in [6, 6.07) is 11.8. The maximum absolute atomic E-state index is 13.4. The van der Waals surface area contributed by atoms with Gasteiger partial charge < -0.3 is 36.9 Å². The van der Waals surface area contributed by atoms with Crippen molar-refractivity contribution in [2.75, 3.05) is 6.54 Å². The predicted octanol–water partition coefficient (Wildman–Crippen LogP) is -0.359. The molecule has 0 aliphatic carbocycles. The molecule has 0 fully saturated rings. The maximum atomic E-state index is 13.4. The van der Waals surface area contributed by atoms with Crippen molar-refractivity contribution in [2.45, 2.75) is 37.4 Å². The minimum atomic E-state index is -1.24. The molecule has 3 atom stereocenters. The van der Waals surface area contributed by atoms with Crippen molar-refractivity contribution < 1.29 is 29.4 Å². The molecule has 38 heavy (non-hydrogen) atoms. The highest BCUT2D eigenvalue weighted by Crippen LogP contribution is 2.12. The average Bonchev–Trinajstić information content (AvgIpc) is 3.41. The van der Waals surface area contributed by atoms with Crippen molar-refractivity contribution in [1.29, 1.82) is 0 Å². The molecule has 0 aliphatic rings. The number of phenolic OH excluding ortho intramolecular Hbond substituents is 1. The number of carbonyl (C=O) groups excluding carboxylic acids is 3. The second-order valence-corrected chi connectivity index (χ2v) is 8.68. The normalized spacial score (nSPS) is 13.1. The third-order valence-corrected chi connectivity index (χ3v) is 5.67. The van der Waals surface area contributed by atoms with Gasteiger partial charge >= 0.3 is 5.97 Å². The van der Waals surface area contributed by atoms with E-state index in [1.165, 1.54) is 18.5 Å². The Morgan fingerprint density at radius 2 is 1.45 bits per heavy atom. The van der Waals surface area contributed by atoms with Crippen LogP contribution in [0, 0.1) is 0 Å². The summed E-state index contributed by atoms with van der Waals surface area (Å²) in [7, 11) is 0. The van der Waals surface area contributed by atoms with Crippen LogP contribution in [-0.2, 0) is 38.4 Å². The standard InChI is InChI=1S/C26H30N6O6/c27-20(12-18-13-28-15-30-18)24(36)31-22(10-16-4-2-1-3-5-16)26(38)32-21(25(37)29-14-23(34)35)11-17-6-8-19(33)9-7-17/h1-9,13,15,20-22,33H,10-12,14,27H2,(H,28,30)(H,29,37)(H,31,36)(H,32,38)(H,34,35). The van der Waals surface area contributed by atoms with Crippen LogP contribution < -0.4 is 21.7 Å². The SMILES string of the molecule is NC(Cc1cnc[nH]1)C(=O)NC(Cc1ccccc1)C(=O)NC(Cc1ccc(O)cc1)C(=O)NCC(=O)O. The van der Waals surface area contributed by atoms with Crippen LogP contribution in [0.4, 0.5) is 0 Å². The number of H-pyrrole nitrogens is 1. The molecule has 200 valence electrons. The number of nitrogens with zero attached hydrogens (tertiary/aromatic N) is 1. The first-order chi connectivity index (χ1) is 18.2. The number of nitrogens with one attached hydrogen (secondary N) is 4. The van der Waals surface area contributed by atoms with Crippen LogP contribution in [0.2, 0.25) is 0 Å². The maximum Gasteiger partial charge on any atom is 0.322 e. The number of aromatic amines is 1.